The number of pyridine rings is 1. The molecule has 0 atom stereocenters. The van der Waals surface area contributed by atoms with E-state index in [2.05, 4.69) is 10.3 Å². The Balaban J connectivity index is 1.67. The van der Waals surface area contributed by atoms with Crippen molar-refractivity contribution < 1.29 is 13.9 Å². The number of fused-ring (bicyclic) bond motifs is 1. The van der Waals surface area contributed by atoms with Gasteiger partial charge in [-0.05, 0) is 66.3 Å². The van der Waals surface area contributed by atoms with Gasteiger partial charge in [0.1, 0.15) is 17.3 Å². The van der Waals surface area contributed by atoms with Crippen LogP contribution in [0, 0.1) is 5.82 Å². The lowest BCUT2D eigenvalue weighted by molar-refractivity contribution is 0.407. The Morgan fingerprint density at radius 3 is 2.50 bits per heavy atom. The first-order valence-corrected chi connectivity index (χ1v) is 11.0. The Bertz CT molecular complexity index is 1370. The molecule has 8 heteroatoms. The lowest BCUT2D eigenvalue weighted by atomic mass is 10.1. The Kier molecular flexibility index (Phi) is 7.08. The highest BCUT2D eigenvalue weighted by molar-refractivity contribution is 7.80. The summed E-state index contributed by atoms with van der Waals surface area (Å²) in [6.07, 6.45) is 0. The average molecular weight is 478 g/mol. The van der Waals surface area contributed by atoms with Crippen molar-refractivity contribution in [2.75, 3.05) is 19.5 Å². The van der Waals surface area contributed by atoms with Crippen LogP contribution in [-0.4, -0.2) is 29.2 Å². The maximum Gasteiger partial charge on any atom is 0.253 e. The van der Waals surface area contributed by atoms with Gasteiger partial charge in [-0.1, -0.05) is 24.3 Å². The van der Waals surface area contributed by atoms with Crippen LogP contribution in [0.25, 0.3) is 10.9 Å². The van der Waals surface area contributed by atoms with Crippen LogP contribution in [0.1, 0.15) is 11.1 Å². The molecule has 0 saturated carbocycles. The SMILES string of the molecule is COc1ccc2[nH]c(=O)c(CN(Cc3ccc(F)cc3)C(=S)Nc3ccccc3OC)cc2c1. The highest BCUT2D eigenvalue weighted by Crippen LogP contribution is 2.24. The molecule has 2 N–H and O–H groups in total. The van der Waals surface area contributed by atoms with E-state index < -0.39 is 0 Å². The zero-order chi connectivity index (χ0) is 24.1. The molecule has 0 bridgehead atoms. The van der Waals surface area contributed by atoms with Crippen LogP contribution in [0.3, 0.4) is 0 Å². The Hall–Kier alpha value is -3.91. The number of halogens is 1. The van der Waals surface area contributed by atoms with Gasteiger partial charge >= 0.3 is 0 Å². The van der Waals surface area contributed by atoms with Crippen molar-refractivity contribution >= 4 is 33.9 Å². The number of rotatable bonds is 7. The smallest absolute Gasteiger partial charge is 0.253 e. The molecule has 0 spiro atoms. The minimum atomic E-state index is -0.315. The van der Waals surface area contributed by atoms with Crippen LogP contribution >= 0.6 is 12.2 Å². The summed E-state index contributed by atoms with van der Waals surface area (Å²) in [6.45, 7) is 0.609. The molecule has 1 heterocycles. The number of aromatic nitrogens is 1. The van der Waals surface area contributed by atoms with Gasteiger partial charge in [0.25, 0.3) is 5.56 Å². The second-order valence-corrected chi connectivity index (χ2v) is 8.08. The number of H-pyrrole nitrogens is 1. The van der Waals surface area contributed by atoms with Gasteiger partial charge in [0.2, 0.25) is 0 Å². The number of methoxy groups -OCH3 is 2. The van der Waals surface area contributed by atoms with Crippen molar-refractivity contribution in [1.29, 1.82) is 0 Å². The van der Waals surface area contributed by atoms with Crippen molar-refractivity contribution in [1.82, 2.24) is 9.88 Å². The number of benzene rings is 3. The number of thiocarbonyl (C=S) groups is 1. The Morgan fingerprint density at radius 1 is 1.00 bits per heavy atom. The normalized spacial score (nSPS) is 10.7. The fourth-order valence-corrected chi connectivity index (χ4v) is 3.87. The van der Waals surface area contributed by atoms with Crippen LogP contribution in [-0.2, 0) is 13.1 Å². The molecule has 0 aliphatic rings. The van der Waals surface area contributed by atoms with Crippen LogP contribution in [0.5, 0.6) is 11.5 Å². The summed E-state index contributed by atoms with van der Waals surface area (Å²) in [4.78, 5) is 17.6. The van der Waals surface area contributed by atoms with E-state index in [0.717, 1.165) is 10.9 Å². The average Bonchev–Trinajstić information content (AvgIpc) is 2.85. The van der Waals surface area contributed by atoms with Crippen molar-refractivity contribution in [3.63, 3.8) is 0 Å². The molecule has 0 aliphatic carbocycles. The van der Waals surface area contributed by atoms with Crippen molar-refractivity contribution in [3.05, 3.63) is 100 Å². The third kappa shape index (κ3) is 5.35. The molecule has 0 radical (unpaired) electrons. The number of hydrogen-bond donors (Lipinski definition) is 2. The minimum absolute atomic E-state index is 0.207. The fourth-order valence-electron chi connectivity index (χ4n) is 3.63. The quantitative estimate of drug-likeness (QED) is 0.362. The van der Waals surface area contributed by atoms with Gasteiger partial charge in [0.05, 0.1) is 26.5 Å². The number of hydrogen-bond acceptors (Lipinski definition) is 4. The number of para-hydroxylation sites is 2. The van der Waals surface area contributed by atoms with Crippen LogP contribution in [0.2, 0.25) is 0 Å². The Labute approximate surface area is 201 Å². The van der Waals surface area contributed by atoms with Gasteiger partial charge in [-0.3, -0.25) is 4.79 Å². The maximum atomic E-state index is 13.4. The molecule has 0 saturated heterocycles. The second-order valence-electron chi connectivity index (χ2n) is 7.69. The van der Waals surface area contributed by atoms with Gasteiger partial charge in [-0.15, -0.1) is 0 Å². The van der Waals surface area contributed by atoms with E-state index in [1.807, 2.05) is 47.4 Å². The molecule has 174 valence electrons. The molecule has 3 aromatic carbocycles. The summed E-state index contributed by atoms with van der Waals surface area (Å²) < 4.78 is 24.2. The van der Waals surface area contributed by atoms with Crippen molar-refractivity contribution in [3.8, 4) is 11.5 Å². The molecule has 0 fully saturated rings. The summed E-state index contributed by atoms with van der Waals surface area (Å²) in [5.41, 5.74) is 2.60. The first-order valence-electron chi connectivity index (χ1n) is 10.6. The molecule has 4 rings (SSSR count). The Morgan fingerprint density at radius 2 is 1.76 bits per heavy atom. The zero-order valence-corrected chi connectivity index (χ0v) is 19.6. The summed E-state index contributed by atoms with van der Waals surface area (Å²) >= 11 is 5.72. The number of nitrogens with one attached hydrogen (secondary N) is 2. The molecule has 6 nitrogen and oxygen atoms in total. The van der Waals surface area contributed by atoms with E-state index in [-0.39, 0.29) is 17.9 Å². The van der Waals surface area contributed by atoms with Gasteiger partial charge in [0, 0.05) is 23.0 Å². The monoisotopic (exact) mass is 477 g/mol. The van der Waals surface area contributed by atoms with E-state index in [4.69, 9.17) is 21.7 Å². The van der Waals surface area contributed by atoms with Crippen LogP contribution in [0.15, 0.2) is 77.6 Å². The first kappa shape index (κ1) is 23.3. The van der Waals surface area contributed by atoms with Gasteiger partial charge in [0.15, 0.2) is 5.11 Å². The molecule has 0 unspecified atom stereocenters. The standard InChI is InChI=1S/C26H24FN3O3S/c1-32-21-11-12-22-18(14-21)13-19(25(31)28-22)16-30(15-17-7-9-20(27)10-8-17)26(34)29-23-5-3-4-6-24(23)33-2/h3-14H,15-16H2,1-2H3,(H,28,31)(H,29,34). The number of aromatic amines is 1. The summed E-state index contributed by atoms with van der Waals surface area (Å²) in [6, 6.07) is 20.9. The fraction of sp³-hybridized carbons (Fsp3) is 0.154. The number of nitrogens with zero attached hydrogens (tertiary/aromatic N) is 1. The minimum Gasteiger partial charge on any atom is -0.497 e. The number of anilines is 1. The topological polar surface area (TPSA) is 66.6 Å². The van der Waals surface area contributed by atoms with Gasteiger partial charge in [-0.2, -0.15) is 0 Å². The molecule has 0 aliphatic heterocycles. The highest BCUT2D eigenvalue weighted by Gasteiger charge is 2.16. The van der Waals surface area contributed by atoms with Crippen molar-refractivity contribution in [2.45, 2.75) is 13.1 Å². The third-order valence-corrected chi connectivity index (χ3v) is 5.77. The van der Waals surface area contributed by atoms with E-state index in [0.29, 0.717) is 39.9 Å². The summed E-state index contributed by atoms with van der Waals surface area (Å²) in [5, 5.41) is 4.46. The van der Waals surface area contributed by atoms with Gasteiger partial charge < -0.3 is 24.7 Å². The lowest BCUT2D eigenvalue weighted by Gasteiger charge is -2.26. The van der Waals surface area contributed by atoms with Crippen LogP contribution in [0.4, 0.5) is 10.1 Å². The van der Waals surface area contributed by atoms with E-state index in [9.17, 15) is 9.18 Å². The largest absolute Gasteiger partial charge is 0.497 e. The van der Waals surface area contributed by atoms with Crippen molar-refractivity contribution in [2.24, 2.45) is 0 Å². The molecule has 34 heavy (non-hydrogen) atoms. The van der Waals surface area contributed by atoms with E-state index in [1.165, 1.54) is 12.1 Å². The zero-order valence-electron chi connectivity index (χ0n) is 18.8. The van der Waals surface area contributed by atoms with Crippen LogP contribution < -0.4 is 20.3 Å². The molecular formula is C26H24FN3O3S. The summed E-state index contributed by atoms with van der Waals surface area (Å²) in [5.74, 6) is 1.02. The lowest BCUT2D eigenvalue weighted by Crippen LogP contribution is -2.35. The molecule has 0 amide bonds. The highest BCUT2D eigenvalue weighted by atomic mass is 32.1. The number of ether oxygens (including phenoxy) is 2. The van der Waals surface area contributed by atoms with E-state index in [1.54, 1.807) is 32.4 Å². The maximum absolute atomic E-state index is 13.4. The molecular weight excluding hydrogens is 453 g/mol. The predicted molar refractivity (Wildman–Crippen MR) is 136 cm³/mol. The first-order chi connectivity index (χ1) is 16.5. The second kappa shape index (κ2) is 10.4. The molecule has 4 aromatic rings. The van der Waals surface area contributed by atoms with E-state index >= 15 is 0 Å². The third-order valence-electron chi connectivity index (χ3n) is 5.41. The van der Waals surface area contributed by atoms with Gasteiger partial charge in [-0.25, -0.2) is 4.39 Å². The molecule has 1 aromatic heterocycles. The predicted octanol–water partition coefficient (Wildman–Crippen LogP) is 5.08. The summed E-state index contributed by atoms with van der Waals surface area (Å²) in [7, 11) is 3.18.